The monoisotopic (exact) mass is 221 g/mol. The molecular formula is C10H11N3OS. The fourth-order valence-corrected chi connectivity index (χ4v) is 2.00. The number of hydrogen-bond donors (Lipinski definition) is 0. The lowest BCUT2D eigenvalue weighted by Gasteiger charge is -1.99. The Morgan fingerprint density at radius 1 is 1.53 bits per heavy atom. The van der Waals surface area contributed by atoms with E-state index < -0.39 is 0 Å². The molecule has 0 aliphatic heterocycles. The van der Waals surface area contributed by atoms with Crippen molar-refractivity contribution in [3.05, 3.63) is 35.0 Å². The molecule has 0 radical (unpaired) electrons. The van der Waals surface area contributed by atoms with Crippen LogP contribution < -0.4 is 0 Å². The van der Waals surface area contributed by atoms with Crippen molar-refractivity contribution in [2.24, 2.45) is 0 Å². The molecule has 4 nitrogen and oxygen atoms in total. The van der Waals surface area contributed by atoms with E-state index in [2.05, 4.69) is 10.1 Å². The van der Waals surface area contributed by atoms with Crippen LogP contribution in [0.2, 0.25) is 0 Å². The first-order valence-corrected chi connectivity index (χ1v) is 5.63. The fraction of sp³-hybridized carbons (Fsp3) is 0.300. The lowest BCUT2D eigenvalue weighted by molar-refractivity contribution is 0.0982. The van der Waals surface area contributed by atoms with E-state index in [4.69, 9.17) is 0 Å². The second-order valence-corrected chi connectivity index (χ2v) is 4.11. The van der Waals surface area contributed by atoms with E-state index in [0.717, 1.165) is 17.8 Å². The highest BCUT2D eigenvalue weighted by Gasteiger charge is 2.05. The van der Waals surface area contributed by atoms with Gasteiger partial charge in [-0.05, 0) is 17.9 Å². The Kier molecular flexibility index (Phi) is 3.24. The third kappa shape index (κ3) is 2.73. The van der Waals surface area contributed by atoms with Crippen LogP contribution in [0.4, 0.5) is 0 Å². The molecule has 0 aliphatic carbocycles. The minimum Gasteiger partial charge on any atom is -0.293 e. The van der Waals surface area contributed by atoms with Gasteiger partial charge in [-0.2, -0.15) is 5.10 Å². The van der Waals surface area contributed by atoms with Gasteiger partial charge in [0.15, 0.2) is 5.78 Å². The minimum absolute atomic E-state index is 0.213. The number of carbonyl (C=O) groups excluding carboxylic acids is 1. The van der Waals surface area contributed by atoms with E-state index in [1.54, 1.807) is 11.0 Å². The van der Waals surface area contributed by atoms with Crippen molar-refractivity contribution < 1.29 is 4.79 Å². The van der Waals surface area contributed by atoms with Gasteiger partial charge < -0.3 is 0 Å². The van der Waals surface area contributed by atoms with Crippen molar-refractivity contribution in [3.8, 4) is 0 Å². The van der Waals surface area contributed by atoms with Crippen molar-refractivity contribution in [2.75, 3.05) is 0 Å². The maximum Gasteiger partial charge on any atom is 0.172 e. The topological polar surface area (TPSA) is 47.8 Å². The van der Waals surface area contributed by atoms with Gasteiger partial charge in [-0.15, -0.1) is 11.3 Å². The zero-order chi connectivity index (χ0) is 10.5. The van der Waals surface area contributed by atoms with Crippen LogP contribution in [0.15, 0.2) is 30.2 Å². The second kappa shape index (κ2) is 4.84. The highest BCUT2D eigenvalue weighted by molar-refractivity contribution is 7.12. The van der Waals surface area contributed by atoms with Gasteiger partial charge >= 0.3 is 0 Å². The molecule has 0 fully saturated rings. The van der Waals surface area contributed by atoms with Crippen molar-refractivity contribution in [1.82, 2.24) is 14.8 Å². The first-order valence-electron chi connectivity index (χ1n) is 4.75. The Bertz CT molecular complexity index is 408. The summed E-state index contributed by atoms with van der Waals surface area (Å²) in [6, 6.07) is 3.76. The van der Waals surface area contributed by atoms with Crippen LogP contribution in [0, 0.1) is 0 Å². The molecule has 0 bridgehead atoms. The molecule has 78 valence electrons. The number of Topliss-reactive ketones (excluding diaryl/α,β-unsaturated/α-hetero) is 1. The van der Waals surface area contributed by atoms with Gasteiger partial charge in [0.2, 0.25) is 0 Å². The summed E-state index contributed by atoms with van der Waals surface area (Å²) in [7, 11) is 0. The average molecular weight is 221 g/mol. The van der Waals surface area contributed by atoms with E-state index in [1.807, 2.05) is 17.5 Å². The van der Waals surface area contributed by atoms with Crippen molar-refractivity contribution in [1.29, 1.82) is 0 Å². The molecule has 15 heavy (non-hydrogen) atoms. The van der Waals surface area contributed by atoms with E-state index >= 15 is 0 Å². The summed E-state index contributed by atoms with van der Waals surface area (Å²) in [5.74, 6) is 0.213. The lowest BCUT2D eigenvalue weighted by Crippen LogP contribution is -2.02. The number of aromatic nitrogens is 3. The summed E-state index contributed by atoms with van der Waals surface area (Å²) < 4.78 is 1.74. The van der Waals surface area contributed by atoms with Gasteiger partial charge in [0.05, 0.1) is 4.88 Å². The zero-order valence-corrected chi connectivity index (χ0v) is 8.98. The molecule has 0 spiro atoms. The summed E-state index contributed by atoms with van der Waals surface area (Å²) in [4.78, 5) is 16.3. The number of nitrogens with zero attached hydrogens (tertiary/aromatic N) is 3. The predicted octanol–water partition coefficient (Wildman–Crippen LogP) is 2.00. The summed E-state index contributed by atoms with van der Waals surface area (Å²) in [6.07, 6.45) is 4.54. The number of thiophene rings is 1. The first-order chi connectivity index (χ1) is 7.36. The first kappa shape index (κ1) is 10.0. The molecule has 0 saturated heterocycles. The van der Waals surface area contributed by atoms with Crippen LogP contribution >= 0.6 is 11.3 Å². The fourth-order valence-electron chi connectivity index (χ4n) is 1.31. The highest BCUT2D eigenvalue weighted by Crippen LogP contribution is 2.12. The van der Waals surface area contributed by atoms with Crippen LogP contribution in [-0.2, 0) is 6.54 Å². The third-order valence-corrected chi connectivity index (χ3v) is 2.96. The summed E-state index contributed by atoms with van der Waals surface area (Å²) >= 11 is 1.49. The Labute approximate surface area is 91.6 Å². The number of ketones is 1. The lowest BCUT2D eigenvalue weighted by atomic mass is 10.2. The van der Waals surface area contributed by atoms with Gasteiger partial charge in [0.25, 0.3) is 0 Å². The van der Waals surface area contributed by atoms with Gasteiger partial charge in [-0.3, -0.25) is 9.48 Å². The Hall–Kier alpha value is -1.49. The molecule has 0 saturated carbocycles. The SMILES string of the molecule is O=C(CCCn1cncn1)c1cccs1. The molecule has 0 amide bonds. The normalized spacial score (nSPS) is 10.4. The quantitative estimate of drug-likeness (QED) is 0.725. The number of rotatable bonds is 5. The summed E-state index contributed by atoms with van der Waals surface area (Å²) in [5.41, 5.74) is 0. The Morgan fingerprint density at radius 3 is 3.13 bits per heavy atom. The molecule has 2 heterocycles. The number of hydrogen-bond acceptors (Lipinski definition) is 4. The van der Waals surface area contributed by atoms with Crippen molar-refractivity contribution >= 4 is 17.1 Å². The van der Waals surface area contributed by atoms with Gasteiger partial charge in [-0.1, -0.05) is 6.07 Å². The highest BCUT2D eigenvalue weighted by atomic mass is 32.1. The Balaban J connectivity index is 1.77. The van der Waals surface area contributed by atoms with Crippen LogP contribution in [-0.4, -0.2) is 20.5 Å². The van der Waals surface area contributed by atoms with Crippen LogP contribution in [0.1, 0.15) is 22.5 Å². The summed E-state index contributed by atoms with van der Waals surface area (Å²) in [6.45, 7) is 0.747. The standard InChI is InChI=1S/C10H11N3OS/c14-9(10-4-2-6-15-10)3-1-5-13-8-11-7-12-13/h2,4,6-8H,1,3,5H2. The van der Waals surface area contributed by atoms with E-state index in [1.165, 1.54) is 17.7 Å². The van der Waals surface area contributed by atoms with Gasteiger partial charge in [0, 0.05) is 13.0 Å². The predicted molar refractivity (Wildman–Crippen MR) is 57.9 cm³/mol. The largest absolute Gasteiger partial charge is 0.293 e. The van der Waals surface area contributed by atoms with Crippen LogP contribution in [0.25, 0.3) is 0 Å². The molecule has 0 N–H and O–H groups in total. The Morgan fingerprint density at radius 2 is 2.47 bits per heavy atom. The zero-order valence-electron chi connectivity index (χ0n) is 8.17. The molecule has 2 rings (SSSR count). The smallest absolute Gasteiger partial charge is 0.172 e. The average Bonchev–Trinajstić information content (AvgIpc) is 2.90. The second-order valence-electron chi connectivity index (χ2n) is 3.16. The molecule has 0 aromatic carbocycles. The van der Waals surface area contributed by atoms with E-state index in [0.29, 0.717) is 6.42 Å². The molecule has 2 aromatic rings. The van der Waals surface area contributed by atoms with Gasteiger partial charge in [-0.25, -0.2) is 4.98 Å². The van der Waals surface area contributed by atoms with Crippen LogP contribution in [0.3, 0.4) is 0 Å². The number of aryl methyl sites for hydroxylation is 1. The van der Waals surface area contributed by atoms with Crippen molar-refractivity contribution in [2.45, 2.75) is 19.4 Å². The molecule has 0 aliphatic rings. The maximum absolute atomic E-state index is 11.6. The van der Waals surface area contributed by atoms with E-state index in [-0.39, 0.29) is 5.78 Å². The maximum atomic E-state index is 11.6. The van der Waals surface area contributed by atoms with Gasteiger partial charge in [0.1, 0.15) is 12.7 Å². The molecule has 2 aromatic heterocycles. The van der Waals surface area contributed by atoms with E-state index in [9.17, 15) is 4.79 Å². The molecule has 0 unspecified atom stereocenters. The summed E-state index contributed by atoms with van der Waals surface area (Å²) in [5, 5.41) is 5.89. The molecule has 0 atom stereocenters. The molecule has 5 heteroatoms. The van der Waals surface area contributed by atoms with Crippen LogP contribution in [0.5, 0.6) is 0 Å². The number of carbonyl (C=O) groups is 1. The van der Waals surface area contributed by atoms with Crippen molar-refractivity contribution in [3.63, 3.8) is 0 Å². The minimum atomic E-state index is 0.213. The molecular weight excluding hydrogens is 210 g/mol. The third-order valence-electron chi connectivity index (χ3n) is 2.05.